The zero-order chi connectivity index (χ0) is 37.1. The summed E-state index contributed by atoms with van der Waals surface area (Å²) in [5.41, 5.74) is -4.21. The normalized spacial score (nSPS) is 49.2. The van der Waals surface area contributed by atoms with Gasteiger partial charge in [0.1, 0.15) is 40.4 Å². The Bertz CT molecular complexity index is 1470. The van der Waals surface area contributed by atoms with Crippen molar-refractivity contribution in [1.29, 1.82) is 0 Å². The molecule has 8 N–H and O–H groups in total. The van der Waals surface area contributed by atoms with Crippen molar-refractivity contribution < 1.29 is 49.7 Å². The molecule has 7 unspecified atom stereocenters. The fourth-order valence-electron chi connectivity index (χ4n) is 11.8. The van der Waals surface area contributed by atoms with Crippen LogP contribution in [0.2, 0.25) is 0 Å². The van der Waals surface area contributed by atoms with Crippen molar-refractivity contribution in [2.75, 3.05) is 31.4 Å². The first-order chi connectivity index (χ1) is 25.5. The van der Waals surface area contributed by atoms with Gasteiger partial charge in [-0.1, -0.05) is 46.9 Å². The van der Waals surface area contributed by atoms with Crippen LogP contribution in [-0.4, -0.2) is 116 Å². The van der Waals surface area contributed by atoms with Crippen LogP contribution < -0.4 is 10.6 Å². The minimum atomic E-state index is -2.02. The van der Waals surface area contributed by atoms with E-state index in [0.29, 0.717) is 50.3 Å². The summed E-state index contributed by atoms with van der Waals surface area (Å²) < 4.78 is 12.9. The number of allylic oxidation sites excluding steroid dienone is 4. The van der Waals surface area contributed by atoms with Crippen LogP contribution in [0.1, 0.15) is 83.5 Å². The largest absolute Gasteiger partial charge is 0.511 e. The van der Waals surface area contributed by atoms with Crippen LogP contribution in [-0.2, 0) is 19.1 Å². The molecular weight excluding hydrogens is 721 g/mol. The van der Waals surface area contributed by atoms with Gasteiger partial charge in [0.15, 0.2) is 12.1 Å². The van der Waals surface area contributed by atoms with Crippen LogP contribution in [0.5, 0.6) is 0 Å². The van der Waals surface area contributed by atoms with Crippen molar-refractivity contribution in [3.63, 3.8) is 0 Å². The molecule has 5 aliphatic carbocycles. The smallest absolute Gasteiger partial charge is 0.187 e. The third-order valence-electron chi connectivity index (χ3n) is 14.7. The Kier molecular flexibility index (Phi) is 11.3. The van der Waals surface area contributed by atoms with Gasteiger partial charge in [-0.3, -0.25) is 14.9 Å². The predicted octanol–water partition coefficient (Wildman–Crippen LogP) is 2.72. The summed E-state index contributed by atoms with van der Waals surface area (Å²) in [7, 11) is 3.04. The fourth-order valence-corrected chi connectivity index (χ4v) is 14.1. The number of nitrogens with one attached hydrogen (secondary N) is 2. The first-order valence-electron chi connectivity index (χ1n) is 20.1. The van der Waals surface area contributed by atoms with E-state index < -0.39 is 71.5 Å². The van der Waals surface area contributed by atoms with Gasteiger partial charge in [-0.05, 0) is 106 Å². The van der Waals surface area contributed by atoms with E-state index in [1.165, 1.54) is 10.8 Å². The molecule has 7 fully saturated rings. The Morgan fingerprint density at radius 1 is 0.943 bits per heavy atom. The molecule has 0 amide bonds. The maximum atomic E-state index is 15.2. The fraction of sp³-hybridized carbons (Fsp3) is 0.846. The second kappa shape index (κ2) is 15.4. The van der Waals surface area contributed by atoms with E-state index in [9.17, 15) is 35.4 Å². The zero-order valence-corrected chi connectivity index (χ0v) is 32.1. The minimum Gasteiger partial charge on any atom is -0.511 e. The van der Waals surface area contributed by atoms with Gasteiger partial charge in [-0.25, -0.2) is 0 Å². The topological polar surface area (TPSA) is 198 Å². The molecule has 7 bridgehead atoms. The number of carbonyl (C=O) groups is 2. The zero-order valence-electron chi connectivity index (χ0n) is 30.4. The molecule has 0 aromatic heterocycles. The van der Waals surface area contributed by atoms with Crippen molar-refractivity contribution in [3.8, 4) is 0 Å². The number of ketones is 2. The number of hydrogen-bond acceptors (Lipinski definition) is 14. The number of Topliss-reactive ketones (excluding diaryl/α,β-unsaturated/α-hetero) is 2. The van der Waals surface area contributed by atoms with Crippen LogP contribution in [0.3, 0.4) is 0 Å². The van der Waals surface area contributed by atoms with Gasteiger partial charge < -0.3 is 45.4 Å². The van der Waals surface area contributed by atoms with Crippen LogP contribution in [0, 0.1) is 46.8 Å². The lowest BCUT2D eigenvalue weighted by molar-refractivity contribution is -0.398. The monoisotopic (exact) mass is 778 g/mol. The van der Waals surface area contributed by atoms with E-state index in [1.54, 1.807) is 16.9 Å². The van der Waals surface area contributed by atoms with Gasteiger partial charge in [0, 0.05) is 18.3 Å². The van der Waals surface area contributed by atoms with E-state index in [2.05, 4.69) is 10.6 Å². The third-order valence-corrected chi connectivity index (χ3v) is 16.9. The van der Waals surface area contributed by atoms with Crippen molar-refractivity contribution in [2.45, 2.75) is 125 Å². The van der Waals surface area contributed by atoms with Gasteiger partial charge in [-0.2, -0.15) is 0 Å². The van der Waals surface area contributed by atoms with Crippen molar-refractivity contribution in [3.05, 3.63) is 23.5 Å². The molecule has 0 aromatic rings. The summed E-state index contributed by atoms with van der Waals surface area (Å²) >= 11 is 0. The number of aliphatic hydroxyl groups excluding tert-OH is 5. The molecule has 1 spiro atoms. The SMILES string of the molecule is O=C1C2CCCC3O[C@@H]4O[C@]5(CO)CC[C@@H](CC6CCNC(C6)NCSSC[C@@]6(C(=O)C32)C(O)=CC(CC2CCCC(CO)C2)=C[C@@H]16)[C@](O)([C@@H]5O)[C@H]4O. The highest BCUT2D eigenvalue weighted by Gasteiger charge is 2.69. The Labute approximate surface area is 319 Å². The standard InChI is InChI=1S/C39H58N2O10S2/c42-17-23-4-1-3-21(11-23)12-24-14-27-32(45)26-5-2-6-28-31(26)33(46)38(27,29(44)15-24)19-52-53-20-41-30-16-22(8-10-40-30)13-25-7-9-37(18-43)36(48)39(25,49)34(47)35(50-28)51-37/h14-15,21-23,25-28,30-31,34-36,40-44,47-49H,1-13,16-20H2/t21?,22?,23?,25-,26?,27-,28?,30?,31?,34-,35+,36+,37-,38-,39+/m0/s1. The number of fused-ring (bicyclic) bond motifs is 4. The molecule has 15 atom stereocenters. The summed E-state index contributed by atoms with van der Waals surface area (Å²) in [5, 5.41) is 75.6. The van der Waals surface area contributed by atoms with Crippen LogP contribution in [0.4, 0.5) is 0 Å². The number of ether oxygens (including phenoxy) is 2. The summed E-state index contributed by atoms with van der Waals surface area (Å²) in [5.74, 6) is -1.75. The first kappa shape index (κ1) is 38.8. The van der Waals surface area contributed by atoms with Gasteiger partial charge >= 0.3 is 0 Å². The number of aliphatic hydroxyl groups is 6. The summed E-state index contributed by atoms with van der Waals surface area (Å²) in [6, 6.07) is 0. The van der Waals surface area contributed by atoms with E-state index in [-0.39, 0.29) is 54.1 Å². The lowest BCUT2D eigenvalue weighted by atomic mass is 9.52. The van der Waals surface area contributed by atoms with E-state index in [4.69, 9.17) is 9.47 Å². The first-order valence-corrected chi connectivity index (χ1v) is 22.6. The highest BCUT2D eigenvalue weighted by atomic mass is 33.1. The van der Waals surface area contributed by atoms with Crippen molar-refractivity contribution >= 4 is 33.2 Å². The van der Waals surface area contributed by atoms with Crippen LogP contribution in [0.25, 0.3) is 0 Å². The molecule has 8 aliphatic rings. The van der Waals surface area contributed by atoms with Gasteiger partial charge in [0.05, 0.1) is 36.6 Å². The molecule has 12 nitrogen and oxygen atoms in total. The molecular formula is C39H58N2O10S2. The Hall–Kier alpha value is -1.04. The van der Waals surface area contributed by atoms with Gasteiger partial charge in [0.2, 0.25) is 0 Å². The minimum absolute atomic E-state index is 0.00219. The molecule has 0 radical (unpaired) electrons. The Balaban J connectivity index is 1.14. The van der Waals surface area contributed by atoms with Crippen molar-refractivity contribution in [2.24, 2.45) is 46.8 Å². The molecule has 3 heterocycles. The van der Waals surface area contributed by atoms with E-state index in [0.717, 1.165) is 50.6 Å². The van der Waals surface area contributed by atoms with Crippen LogP contribution >= 0.6 is 21.6 Å². The maximum absolute atomic E-state index is 15.2. The molecule has 296 valence electrons. The quantitative estimate of drug-likeness (QED) is 0.194. The number of rotatable bonds is 4. The summed E-state index contributed by atoms with van der Waals surface area (Å²) in [4.78, 5) is 30.0. The molecule has 53 heavy (non-hydrogen) atoms. The number of carbonyl (C=O) groups excluding carboxylic acids is 2. The lowest BCUT2D eigenvalue weighted by Crippen LogP contribution is -2.78. The average Bonchev–Trinajstić information content (AvgIpc) is 3.16. The molecule has 8 rings (SSSR count). The average molecular weight is 779 g/mol. The molecule has 4 saturated carbocycles. The lowest BCUT2D eigenvalue weighted by Gasteiger charge is -2.61. The van der Waals surface area contributed by atoms with Crippen LogP contribution in [0.15, 0.2) is 23.5 Å². The highest BCUT2D eigenvalue weighted by Crippen LogP contribution is 2.57. The molecule has 14 heteroatoms. The maximum Gasteiger partial charge on any atom is 0.187 e. The molecule has 3 saturated heterocycles. The second-order valence-electron chi connectivity index (χ2n) is 17.6. The van der Waals surface area contributed by atoms with E-state index >= 15 is 4.79 Å². The third kappa shape index (κ3) is 6.61. The van der Waals surface area contributed by atoms with E-state index in [1.807, 2.05) is 6.08 Å². The van der Waals surface area contributed by atoms with Gasteiger partial charge in [-0.15, -0.1) is 0 Å². The Morgan fingerprint density at radius 3 is 2.57 bits per heavy atom. The summed E-state index contributed by atoms with van der Waals surface area (Å²) in [6.45, 7) is 0.345. The number of piperidine rings is 1. The highest BCUT2D eigenvalue weighted by molar-refractivity contribution is 8.76. The molecule has 3 aliphatic heterocycles. The van der Waals surface area contributed by atoms with Gasteiger partial charge in [0.25, 0.3) is 0 Å². The second-order valence-corrected chi connectivity index (χ2v) is 20.0. The summed E-state index contributed by atoms with van der Waals surface area (Å²) in [6.07, 6.45) is 7.21. The Morgan fingerprint density at radius 2 is 1.75 bits per heavy atom. The predicted molar refractivity (Wildman–Crippen MR) is 199 cm³/mol. The molecule has 0 aromatic carbocycles. The van der Waals surface area contributed by atoms with Crippen molar-refractivity contribution in [1.82, 2.24) is 10.6 Å². The number of hydrogen-bond donors (Lipinski definition) is 8.